The van der Waals surface area contributed by atoms with Gasteiger partial charge in [-0.05, 0) is 58.9 Å². The SMILES string of the molecule is CN=C(NCC1(N2CCCCC2)CCN(C)CC1)N1CCN(Cc2ccon2)CC1. The second-order valence-electron chi connectivity index (χ2n) is 9.23. The minimum atomic E-state index is 0.275. The van der Waals surface area contributed by atoms with Crippen LogP contribution < -0.4 is 5.32 Å². The van der Waals surface area contributed by atoms with Crippen molar-refractivity contribution in [1.82, 2.24) is 30.1 Å². The molecule has 0 radical (unpaired) electrons. The summed E-state index contributed by atoms with van der Waals surface area (Å²) in [4.78, 5) is 14.8. The summed E-state index contributed by atoms with van der Waals surface area (Å²) in [5, 5.41) is 7.84. The number of nitrogens with one attached hydrogen (secondary N) is 1. The van der Waals surface area contributed by atoms with Crippen LogP contribution in [0.2, 0.25) is 0 Å². The van der Waals surface area contributed by atoms with Gasteiger partial charge in [-0.1, -0.05) is 11.6 Å². The normalized spacial score (nSPS) is 24.9. The Hall–Kier alpha value is -1.64. The van der Waals surface area contributed by atoms with Gasteiger partial charge in [-0.25, -0.2) is 0 Å². The molecule has 1 aromatic rings. The molecule has 4 heterocycles. The molecular weight excluding hydrogens is 378 g/mol. The van der Waals surface area contributed by atoms with Gasteiger partial charge in [0.2, 0.25) is 0 Å². The quantitative estimate of drug-likeness (QED) is 0.573. The molecule has 0 spiro atoms. The van der Waals surface area contributed by atoms with E-state index < -0.39 is 0 Å². The molecule has 168 valence electrons. The predicted octanol–water partition coefficient (Wildman–Crippen LogP) is 1.32. The Morgan fingerprint density at radius 2 is 1.80 bits per heavy atom. The Labute approximate surface area is 181 Å². The highest BCUT2D eigenvalue weighted by Gasteiger charge is 2.40. The maximum atomic E-state index is 4.97. The number of likely N-dealkylation sites (tertiary alicyclic amines) is 2. The predicted molar refractivity (Wildman–Crippen MR) is 120 cm³/mol. The largest absolute Gasteiger partial charge is 0.364 e. The number of rotatable bonds is 5. The Kier molecular flexibility index (Phi) is 7.28. The van der Waals surface area contributed by atoms with Gasteiger partial charge in [-0.3, -0.25) is 14.8 Å². The lowest BCUT2D eigenvalue weighted by atomic mass is 9.84. The van der Waals surface area contributed by atoms with Crippen LogP contribution in [0.5, 0.6) is 0 Å². The van der Waals surface area contributed by atoms with Crippen LogP contribution in [0.4, 0.5) is 0 Å². The fourth-order valence-corrected chi connectivity index (χ4v) is 5.25. The summed E-state index contributed by atoms with van der Waals surface area (Å²) < 4.78 is 4.97. The number of guanidine groups is 1. The first-order valence-corrected chi connectivity index (χ1v) is 11.7. The summed E-state index contributed by atoms with van der Waals surface area (Å²) in [6, 6.07) is 1.95. The summed E-state index contributed by atoms with van der Waals surface area (Å²) in [5.74, 6) is 1.06. The molecule has 0 bridgehead atoms. The molecule has 1 N–H and O–H groups in total. The molecule has 3 aliphatic rings. The molecule has 0 atom stereocenters. The fourth-order valence-electron chi connectivity index (χ4n) is 5.25. The molecular formula is C22H39N7O. The van der Waals surface area contributed by atoms with E-state index in [1.807, 2.05) is 13.1 Å². The molecule has 3 fully saturated rings. The zero-order valence-corrected chi connectivity index (χ0v) is 18.9. The van der Waals surface area contributed by atoms with Crippen LogP contribution in [0, 0.1) is 0 Å². The number of nitrogens with zero attached hydrogens (tertiary/aromatic N) is 6. The van der Waals surface area contributed by atoms with Gasteiger partial charge in [0.05, 0.1) is 5.69 Å². The van der Waals surface area contributed by atoms with Crippen LogP contribution in [0.15, 0.2) is 21.8 Å². The maximum Gasteiger partial charge on any atom is 0.193 e. The van der Waals surface area contributed by atoms with E-state index in [9.17, 15) is 0 Å². The summed E-state index contributed by atoms with van der Waals surface area (Å²) in [6.07, 6.45) is 8.23. The number of aromatic nitrogens is 1. The second kappa shape index (κ2) is 10.1. The highest BCUT2D eigenvalue weighted by atomic mass is 16.5. The molecule has 3 saturated heterocycles. The average molecular weight is 418 g/mol. The summed E-state index contributed by atoms with van der Waals surface area (Å²) in [6.45, 7) is 10.8. The van der Waals surface area contributed by atoms with Crippen molar-refractivity contribution in [2.24, 2.45) is 4.99 Å². The zero-order valence-electron chi connectivity index (χ0n) is 18.9. The van der Waals surface area contributed by atoms with E-state index in [1.54, 1.807) is 6.26 Å². The van der Waals surface area contributed by atoms with E-state index in [0.717, 1.165) is 50.9 Å². The summed E-state index contributed by atoms with van der Waals surface area (Å²) in [7, 11) is 4.18. The average Bonchev–Trinajstić information content (AvgIpc) is 3.30. The number of hydrogen-bond acceptors (Lipinski definition) is 6. The van der Waals surface area contributed by atoms with Crippen LogP contribution in [-0.2, 0) is 6.54 Å². The van der Waals surface area contributed by atoms with Gasteiger partial charge in [-0.2, -0.15) is 0 Å². The van der Waals surface area contributed by atoms with E-state index >= 15 is 0 Å². The first kappa shape index (κ1) is 21.6. The van der Waals surface area contributed by atoms with Crippen molar-refractivity contribution in [2.45, 2.75) is 44.2 Å². The molecule has 30 heavy (non-hydrogen) atoms. The zero-order chi connectivity index (χ0) is 20.8. The molecule has 1 aromatic heterocycles. The Balaban J connectivity index is 1.32. The van der Waals surface area contributed by atoms with Crippen molar-refractivity contribution in [3.63, 3.8) is 0 Å². The van der Waals surface area contributed by atoms with Crippen molar-refractivity contribution < 1.29 is 4.52 Å². The number of piperazine rings is 1. The second-order valence-corrected chi connectivity index (χ2v) is 9.23. The van der Waals surface area contributed by atoms with Crippen LogP contribution in [0.25, 0.3) is 0 Å². The van der Waals surface area contributed by atoms with E-state index in [2.05, 4.69) is 42.1 Å². The first-order chi connectivity index (χ1) is 14.7. The van der Waals surface area contributed by atoms with Crippen molar-refractivity contribution in [3.05, 3.63) is 18.0 Å². The van der Waals surface area contributed by atoms with Gasteiger partial charge in [0.1, 0.15) is 6.26 Å². The maximum absolute atomic E-state index is 4.97. The fraction of sp³-hybridized carbons (Fsp3) is 0.818. The molecule has 0 saturated carbocycles. The topological polar surface area (TPSA) is 63.4 Å². The van der Waals surface area contributed by atoms with E-state index in [4.69, 9.17) is 4.52 Å². The third-order valence-electron chi connectivity index (χ3n) is 7.28. The summed E-state index contributed by atoms with van der Waals surface area (Å²) >= 11 is 0. The van der Waals surface area contributed by atoms with E-state index in [0.29, 0.717) is 0 Å². The van der Waals surface area contributed by atoms with Crippen LogP contribution in [-0.4, -0.2) is 109 Å². The molecule has 0 amide bonds. The standard InChI is InChI=1S/C22H39N7O/c1-23-21(28-15-13-27(14-16-28)18-20-6-17-30-25-20)24-19-22(7-11-26(2)12-8-22)29-9-4-3-5-10-29/h6,17H,3-5,7-16,18-19H2,1-2H3,(H,23,24). The Morgan fingerprint density at radius 1 is 1.07 bits per heavy atom. The van der Waals surface area contributed by atoms with Gasteiger partial charge >= 0.3 is 0 Å². The summed E-state index contributed by atoms with van der Waals surface area (Å²) in [5.41, 5.74) is 1.29. The monoisotopic (exact) mass is 417 g/mol. The van der Waals surface area contributed by atoms with Gasteiger partial charge in [0.15, 0.2) is 5.96 Å². The minimum absolute atomic E-state index is 0.275. The Bertz CT molecular complexity index is 655. The molecule has 8 heteroatoms. The minimum Gasteiger partial charge on any atom is -0.364 e. The lowest BCUT2D eigenvalue weighted by Gasteiger charge is -2.50. The van der Waals surface area contributed by atoms with E-state index in [1.165, 1.54) is 58.3 Å². The highest BCUT2D eigenvalue weighted by molar-refractivity contribution is 5.80. The number of hydrogen-bond donors (Lipinski definition) is 1. The van der Waals surface area contributed by atoms with Crippen molar-refractivity contribution in [1.29, 1.82) is 0 Å². The smallest absolute Gasteiger partial charge is 0.193 e. The van der Waals surface area contributed by atoms with Gasteiger partial charge < -0.3 is 19.6 Å². The van der Waals surface area contributed by atoms with Crippen molar-refractivity contribution in [3.8, 4) is 0 Å². The van der Waals surface area contributed by atoms with Gasteiger partial charge in [0.25, 0.3) is 0 Å². The Morgan fingerprint density at radius 3 is 2.43 bits per heavy atom. The van der Waals surface area contributed by atoms with Gasteiger partial charge in [0, 0.05) is 57.9 Å². The molecule has 4 rings (SSSR count). The number of piperidine rings is 2. The molecule has 0 aromatic carbocycles. The van der Waals surface area contributed by atoms with Crippen molar-refractivity contribution >= 4 is 5.96 Å². The third-order valence-corrected chi connectivity index (χ3v) is 7.28. The first-order valence-electron chi connectivity index (χ1n) is 11.7. The lowest BCUT2D eigenvalue weighted by Crippen LogP contribution is -2.63. The van der Waals surface area contributed by atoms with Crippen LogP contribution in [0.1, 0.15) is 37.8 Å². The lowest BCUT2D eigenvalue weighted by molar-refractivity contribution is 0.0167. The van der Waals surface area contributed by atoms with Crippen LogP contribution >= 0.6 is 0 Å². The molecule has 8 nitrogen and oxygen atoms in total. The van der Waals surface area contributed by atoms with Crippen LogP contribution in [0.3, 0.4) is 0 Å². The molecule has 0 aliphatic carbocycles. The third kappa shape index (κ3) is 5.15. The van der Waals surface area contributed by atoms with E-state index in [-0.39, 0.29) is 5.54 Å². The number of aliphatic imine (C=N–C) groups is 1. The highest BCUT2D eigenvalue weighted by Crippen LogP contribution is 2.31. The van der Waals surface area contributed by atoms with Crippen molar-refractivity contribution in [2.75, 3.05) is 73.0 Å². The molecule has 0 unspecified atom stereocenters. The molecule has 3 aliphatic heterocycles. The van der Waals surface area contributed by atoms with Gasteiger partial charge in [-0.15, -0.1) is 0 Å².